The Bertz CT molecular complexity index is 775. The minimum absolute atomic E-state index is 0.100. The Labute approximate surface area is 165 Å². The van der Waals surface area contributed by atoms with Crippen molar-refractivity contribution in [1.82, 2.24) is 15.2 Å². The largest absolute Gasteiger partial charge is 0.441 e. The van der Waals surface area contributed by atoms with E-state index in [1.807, 2.05) is 25.1 Å². The molecule has 1 aliphatic rings. The Morgan fingerprint density at radius 3 is 2.96 bits per heavy atom. The first-order valence-corrected chi connectivity index (χ1v) is 10.8. The second-order valence-corrected chi connectivity index (χ2v) is 8.04. The molecule has 2 aromatic rings. The summed E-state index contributed by atoms with van der Waals surface area (Å²) in [6.45, 7) is 9.14. The summed E-state index contributed by atoms with van der Waals surface area (Å²) >= 11 is 1.58. The number of nitrogens with one attached hydrogen (secondary N) is 1. The number of thioether (sulfide) groups is 1. The minimum atomic E-state index is 0.100. The predicted octanol–water partition coefficient (Wildman–Crippen LogP) is 3.79. The van der Waals surface area contributed by atoms with E-state index in [0.29, 0.717) is 23.4 Å². The van der Waals surface area contributed by atoms with Gasteiger partial charge in [-0.15, -0.1) is 11.8 Å². The van der Waals surface area contributed by atoms with E-state index >= 15 is 0 Å². The molecule has 146 valence electrons. The number of carbonyl (C=O) groups excluding carboxylic acids is 1. The van der Waals surface area contributed by atoms with Crippen LogP contribution in [0.2, 0.25) is 0 Å². The van der Waals surface area contributed by atoms with E-state index in [-0.39, 0.29) is 5.91 Å². The molecule has 0 radical (unpaired) electrons. The highest BCUT2D eigenvalue weighted by Crippen LogP contribution is 2.26. The Morgan fingerprint density at radius 2 is 2.19 bits per heavy atom. The number of amides is 1. The second-order valence-electron chi connectivity index (χ2n) is 7.06. The maximum absolute atomic E-state index is 12.1. The topological polar surface area (TPSA) is 58.4 Å². The monoisotopic (exact) mass is 387 g/mol. The van der Waals surface area contributed by atoms with E-state index in [1.54, 1.807) is 11.8 Å². The van der Waals surface area contributed by atoms with Gasteiger partial charge in [0.05, 0.1) is 11.4 Å². The number of aromatic nitrogens is 1. The molecule has 0 unspecified atom stereocenters. The molecule has 27 heavy (non-hydrogen) atoms. The van der Waals surface area contributed by atoms with Crippen LogP contribution in [0.25, 0.3) is 11.5 Å². The first-order valence-electron chi connectivity index (χ1n) is 9.69. The maximum Gasteiger partial charge on any atom is 0.230 e. The third-order valence-electron chi connectivity index (χ3n) is 5.18. The molecule has 1 N–H and O–H groups in total. The van der Waals surface area contributed by atoms with Crippen molar-refractivity contribution < 1.29 is 9.21 Å². The number of carbonyl (C=O) groups is 1. The molecule has 2 heterocycles. The number of rotatable bonds is 8. The molecule has 0 bridgehead atoms. The zero-order chi connectivity index (χ0) is 19.2. The summed E-state index contributed by atoms with van der Waals surface area (Å²) in [6.07, 6.45) is 2.42. The lowest BCUT2D eigenvalue weighted by molar-refractivity contribution is -0.118. The third kappa shape index (κ3) is 5.14. The van der Waals surface area contributed by atoms with Gasteiger partial charge in [0.25, 0.3) is 0 Å². The van der Waals surface area contributed by atoms with Crippen LogP contribution in [0, 0.1) is 13.8 Å². The number of likely N-dealkylation sites (tertiary alicyclic amines) is 1. The van der Waals surface area contributed by atoms with E-state index < -0.39 is 0 Å². The SMILES string of the molecule is CCN1CCC[C@@H]1CNC(=O)CSCc1nc(-c2ccccc2C)oc1C. The zero-order valence-corrected chi connectivity index (χ0v) is 17.3. The van der Waals surface area contributed by atoms with Gasteiger partial charge in [0, 0.05) is 23.9 Å². The fourth-order valence-corrected chi connectivity index (χ4v) is 4.41. The summed E-state index contributed by atoms with van der Waals surface area (Å²) in [6, 6.07) is 8.57. The van der Waals surface area contributed by atoms with Crippen molar-refractivity contribution in [2.24, 2.45) is 0 Å². The lowest BCUT2D eigenvalue weighted by Gasteiger charge is -2.22. The van der Waals surface area contributed by atoms with Crippen LogP contribution in [0.4, 0.5) is 0 Å². The van der Waals surface area contributed by atoms with Crippen LogP contribution < -0.4 is 5.32 Å². The van der Waals surface area contributed by atoms with Gasteiger partial charge in [-0.25, -0.2) is 4.98 Å². The highest BCUT2D eigenvalue weighted by Gasteiger charge is 2.23. The highest BCUT2D eigenvalue weighted by molar-refractivity contribution is 7.99. The predicted molar refractivity (Wildman–Crippen MR) is 111 cm³/mol. The van der Waals surface area contributed by atoms with Gasteiger partial charge >= 0.3 is 0 Å². The number of likely N-dealkylation sites (N-methyl/N-ethyl adjacent to an activating group) is 1. The zero-order valence-electron chi connectivity index (χ0n) is 16.5. The van der Waals surface area contributed by atoms with Crippen LogP contribution in [-0.4, -0.2) is 47.2 Å². The van der Waals surface area contributed by atoms with Gasteiger partial charge in [-0.3, -0.25) is 9.69 Å². The van der Waals surface area contributed by atoms with Gasteiger partial charge in [0.1, 0.15) is 5.76 Å². The molecule has 0 saturated carbocycles. The number of aryl methyl sites for hydroxylation is 2. The van der Waals surface area contributed by atoms with E-state index in [2.05, 4.69) is 35.1 Å². The fraction of sp³-hybridized carbons (Fsp3) is 0.524. The van der Waals surface area contributed by atoms with Gasteiger partial charge < -0.3 is 9.73 Å². The number of oxazole rings is 1. The van der Waals surface area contributed by atoms with Crippen molar-refractivity contribution in [3.8, 4) is 11.5 Å². The van der Waals surface area contributed by atoms with Gasteiger partial charge in [-0.05, 0) is 51.4 Å². The minimum Gasteiger partial charge on any atom is -0.441 e. The third-order valence-corrected chi connectivity index (χ3v) is 6.12. The first-order chi connectivity index (χ1) is 13.1. The van der Waals surface area contributed by atoms with Gasteiger partial charge in [0.15, 0.2) is 0 Å². The summed E-state index contributed by atoms with van der Waals surface area (Å²) in [5.41, 5.74) is 3.08. The van der Waals surface area contributed by atoms with Crippen LogP contribution in [0.1, 0.15) is 36.8 Å². The van der Waals surface area contributed by atoms with Crippen LogP contribution in [0.15, 0.2) is 28.7 Å². The molecule has 1 aromatic carbocycles. The average molecular weight is 388 g/mol. The fourth-order valence-electron chi connectivity index (χ4n) is 3.56. The van der Waals surface area contributed by atoms with E-state index in [4.69, 9.17) is 4.42 Å². The Kier molecular flexibility index (Phi) is 6.96. The Balaban J connectivity index is 1.46. The van der Waals surface area contributed by atoms with Crippen LogP contribution >= 0.6 is 11.8 Å². The van der Waals surface area contributed by atoms with Crippen molar-refractivity contribution >= 4 is 17.7 Å². The molecular formula is C21H29N3O2S. The average Bonchev–Trinajstić information content (AvgIpc) is 3.26. The van der Waals surface area contributed by atoms with Gasteiger partial charge in [-0.1, -0.05) is 25.1 Å². The van der Waals surface area contributed by atoms with Crippen molar-refractivity contribution in [3.63, 3.8) is 0 Å². The smallest absolute Gasteiger partial charge is 0.230 e. The number of hydrogen-bond donors (Lipinski definition) is 1. The quantitative estimate of drug-likeness (QED) is 0.747. The molecule has 0 spiro atoms. The molecule has 1 aromatic heterocycles. The lowest BCUT2D eigenvalue weighted by atomic mass is 10.1. The van der Waals surface area contributed by atoms with E-state index in [0.717, 1.165) is 42.2 Å². The maximum atomic E-state index is 12.1. The normalized spacial score (nSPS) is 17.4. The number of nitrogens with zero attached hydrogens (tertiary/aromatic N) is 2. The number of benzene rings is 1. The Hall–Kier alpha value is -1.79. The molecule has 3 rings (SSSR count). The number of hydrogen-bond acceptors (Lipinski definition) is 5. The molecule has 1 saturated heterocycles. The van der Waals surface area contributed by atoms with Crippen molar-refractivity contribution in [2.45, 2.75) is 45.4 Å². The van der Waals surface area contributed by atoms with Gasteiger partial charge in [-0.2, -0.15) is 0 Å². The molecular weight excluding hydrogens is 358 g/mol. The Morgan fingerprint density at radius 1 is 1.37 bits per heavy atom. The molecule has 0 aliphatic carbocycles. The van der Waals surface area contributed by atoms with Gasteiger partial charge in [0.2, 0.25) is 11.8 Å². The highest BCUT2D eigenvalue weighted by atomic mass is 32.2. The molecule has 1 atom stereocenters. The summed E-state index contributed by atoms with van der Waals surface area (Å²) in [5.74, 6) is 2.71. The van der Waals surface area contributed by atoms with Crippen molar-refractivity contribution in [1.29, 1.82) is 0 Å². The molecule has 6 heteroatoms. The van der Waals surface area contributed by atoms with E-state index in [1.165, 1.54) is 12.8 Å². The van der Waals surface area contributed by atoms with Crippen molar-refractivity contribution in [3.05, 3.63) is 41.3 Å². The summed E-state index contributed by atoms with van der Waals surface area (Å²) in [5, 5.41) is 3.08. The van der Waals surface area contributed by atoms with E-state index in [9.17, 15) is 4.79 Å². The molecule has 1 fully saturated rings. The van der Waals surface area contributed by atoms with Crippen LogP contribution in [-0.2, 0) is 10.5 Å². The summed E-state index contributed by atoms with van der Waals surface area (Å²) in [4.78, 5) is 19.2. The second kappa shape index (κ2) is 9.42. The standard InChI is InChI=1S/C21H29N3O2S/c1-4-24-11-7-9-17(24)12-22-20(25)14-27-13-19-16(3)26-21(23-19)18-10-6-5-8-15(18)2/h5-6,8,10,17H,4,7,9,11-14H2,1-3H3,(H,22,25)/t17-/m1/s1. The molecule has 5 nitrogen and oxygen atoms in total. The summed E-state index contributed by atoms with van der Waals surface area (Å²) < 4.78 is 5.85. The first kappa shape index (κ1) is 20.0. The lowest BCUT2D eigenvalue weighted by Crippen LogP contribution is -2.40. The van der Waals surface area contributed by atoms with Crippen LogP contribution in [0.5, 0.6) is 0 Å². The molecule has 1 amide bonds. The summed E-state index contributed by atoms with van der Waals surface area (Å²) in [7, 11) is 0. The van der Waals surface area contributed by atoms with Crippen LogP contribution in [0.3, 0.4) is 0 Å². The van der Waals surface area contributed by atoms with Crippen molar-refractivity contribution in [2.75, 3.05) is 25.4 Å². The molecule has 1 aliphatic heterocycles.